The van der Waals surface area contributed by atoms with Crippen molar-refractivity contribution in [1.82, 2.24) is 9.78 Å². The zero-order valence-electron chi connectivity index (χ0n) is 15.1. The SMILES string of the molecule is Cc1c(C(=O)c2cnn(C)c2O)ccc(S(C)(=O)=O)c1C(=O)OC(C)C. The molecule has 0 unspecified atom stereocenters. The Hall–Kier alpha value is -2.68. The van der Waals surface area contributed by atoms with Crippen LogP contribution >= 0.6 is 0 Å². The van der Waals surface area contributed by atoms with Crippen LogP contribution in [0.25, 0.3) is 0 Å². The number of sulfone groups is 1. The number of aromatic nitrogens is 2. The highest BCUT2D eigenvalue weighted by molar-refractivity contribution is 7.90. The van der Waals surface area contributed by atoms with Crippen LogP contribution in [-0.2, 0) is 21.6 Å². The summed E-state index contributed by atoms with van der Waals surface area (Å²) >= 11 is 0. The number of benzene rings is 1. The molecule has 0 amide bonds. The van der Waals surface area contributed by atoms with Crippen LogP contribution in [0.15, 0.2) is 23.2 Å². The molecule has 0 bridgehead atoms. The maximum atomic E-state index is 12.7. The summed E-state index contributed by atoms with van der Waals surface area (Å²) in [4.78, 5) is 25.0. The lowest BCUT2D eigenvalue weighted by Gasteiger charge is -2.15. The average molecular weight is 380 g/mol. The summed E-state index contributed by atoms with van der Waals surface area (Å²) in [6, 6.07) is 2.51. The van der Waals surface area contributed by atoms with Gasteiger partial charge in [0.2, 0.25) is 5.88 Å². The van der Waals surface area contributed by atoms with Crippen molar-refractivity contribution in [3.05, 3.63) is 40.6 Å². The van der Waals surface area contributed by atoms with Crippen LogP contribution in [0.1, 0.15) is 45.7 Å². The summed E-state index contributed by atoms with van der Waals surface area (Å²) in [6.45, 7) is 4.73. The molecule has 1 N–H and O–H groups in total. The van der Waals surface area contributed by atoms with E-state index in [4.69, 9.17) is 4.74 Å². The highest BCUT2D eigenvalue weighted by Gasteiger charge is 2.28. The fourth-order valence-corrected chi connectivity index (χ4v) is 3.43. The third-order valence-electron chi connectivity index (χ3n) is 3.77. The zero-order valence-corrected chi connectivity index (χ0v) is 15.9. The number of aryl methyl sites for hydroxylation is 1. The molecule has 0 atom stereocenters. The van der Waals surface area contributed by atoms with Crippen LogP contribution in [0.3, 0.4) is 0 Å². The van der Waals surface area contributed by atoms with Gasteiger partial charge in [-0.1, -0.05) is 0 Å². The third kappa shape index (κ3) is 3.62. The Balaban J connectivity index is 2.69. The number of hydrogen-bond donors (Lipinski definition) is 1. The predicted molar refractivity (Wildman–Crippen MR) is 93.1 cm³/mol. The maximum absolute atomic E-state index is 12.7. The number of hydrogen-bond acceptors (Lipinski definition) is 7. The highest BCUT2D eigenvalue weighted by Crippen LogP contribution is 2.28. The fourth-order valence-electron chi connectivity index (χ4n) is 2.50. The largest absolute Gasteiger partial charge is 0.493 e. The number of carbonyl (C=O) groups excluding carboxylic acids is 2. The first-order chi connectivity index (χ1) is 11.9. The van der Waals surface area contributed by atoms with Gasteiger partial charge in [-0.15, -0.1) is 0 Å². The average Bonchev–Trinajstić information content (AvgIpc) is 2.84. The molecule has 140 valence electrons. The number of esters is 1. The molecular weight excluding hydrogens is 360 g/mol. The lowest BCUT2D eigenvalue weighted by Crippen LogP contribution is -2.19. The second kappa shape index (κ2) is 6.91. The molecule has 2 rings (SSSR count). The van der Waals surface area contributed by atoms with E-state index in [2.05, 4.69) is 5.10 Å². The Kier molecular flexibility index (Phi) is 5.22. The summed E-state index contributed by atoms with van der Waals surface area (Å²) in [5.41, 5.74) is 0.00421. The summed E-state index contributed by atoms with van der Waals surface area (Å²) in [6.07, 6.45) is 1.71. The Morgan fingerprint density at radius 1 is 1.23 bits per heavy atom. The minimum Gasteiger partial charge on any atom is -0.493 e. The Labute approximate surface area is 151 Å². The molecule has 0 saturated heterocycles. The van der Waals surface area contributed by atoms with Gasteiger partial charge in [-0.25, -0.2) is 17.9 Å². The van der Waals surface area contributed by atoms with E-state index < -0.39 is 27.7 Å². The Morgan fingerprint density at radius 3 is 2.31 bits per heavy atom. The predicted octanol–water partition coefficient (Wildman–Crippen LogP) is 1.63. The standard InChI is InChI=1S/C17H20N2O6S/c1-9(2)25-17(22)14-10(3)11(6-7-13(14)26(5,23)24)15(20)12-8-18-19(4)16(12)21/h6-9,21H,1-5H3. The topological polar surface area (TPSA) is 116 Å². The van der Waals surface area contributed by atoms with E-state index in [1.165, 1.54) is 32.3 Å². The van der Waals surface area contributed by atoms with Crippen LogP contribution in [0, 0.1) is 6.92 Å². The lowest BCUT2D eigenvalue weighted by molar-refractivity contribution is 0.0372. The van der Waals surface area contributed by atoms with Crippen LogP contribution in [0.2, 0.25) is 0 Å². The van der Waals surface area contributed by atoms with E-state index in [9.17, 15) is 23.1 Å². The van der Waals surface area contributed by atoms with Gasteiger partial charge in [0.1, 0.15) is 5.56 Å². The summed E-state index contributed by atoms with van der Waals surface area (Å²) in [5, 5.41) is 13.7. The molecule has 0 radical (unpaired) electrons. The molecular formula is C17H20N2O6S. The number of nitrogens with zero attached hydrogens (tertiary/aromatic N) is 2. The van der Waals surface area contributed by atoms with Gasteiger partial charge in [0.25, 0.3) is 0 Å². The van der Waals surface area contributed by atoms with Gasteiger partial charge >= 0.3 is 5.97 Å². The van der Waals surface area contributed by atoms with Crippen LogP contribution in [0.4, 0.5) is 0 Å². The van der Waals surface area contributed by atoms with Gasteiger partial charge < -0.3 is 9.84 Å². The maximum Gasteiger partial charge on any atom is 0.340 e. The quantitative estimate of drug-likeness (QED) is 0.619. The fraction of sp³-hybridized carbons (Fsp3) is 0.353. The van der Waals surface area contributed by atoms with Gasteiger partial charge in [0.15, 0.2) is 15.6 Å². The van der Waals surface area contributed by atoms with E-state index in [0.717, 1.165) is 10.9 Å². The molecule has 0 aliphatic heterocycles. The van der Waals surface area contributed by atoms with Crippen molar-refractivity contribution in [3.63, 3.8) is 0 Å². The molecule has 26 heavy (non-hydrogen) atoms. The van der Waals surface area contributed by atoms with Crippen molar-refractivity contribution in [2.24, 2.45) is 7.05 Å². The van der Waals surface area contributed by atoms with E-state index in [1.54, 1.807) is 13.8 Å². The molecule has 1 heterocycles. The second-order valence-corrected chi connectivity index (χ2v) is 8.16. The number of ether oxygens (including phenoxy) is 1. The molecule has 1 aromatic heterocycles. The van der Waals surface area contributed by atoms with Crippen molar-refractivity contribution in [2.75, 3.05) is 6.26 Å². The van der Waals surface area contributed by atoms with E-state index in [0.29, 0.717) is 0 Å². The molecule has 0 saturated carbocycles. The number of rotatable bonds is 5. The Bertz CT molecular complexity index is 989. The third-order valence-corrected chi connectivity index (χ3v) is 4.91. The van der Waals surface area contributed by atoms with E-state index in [-0.39, 0.29) is 33.0 Å². The van der Waals surface area contributed by atoms with Crippen molar-refractivity contribution in [1.29, 1.82) is 0 Å². The summed E-state index contributed by atoms with van der Waals surface area (Å²) < 4.78 is 30.4. The van der Waals surface area contributed by atoms with Gasteiger partial charge in [-0.2, -0.15) is 5.10 Å². The van der Waals surface area contributed by atoms with Crippen LogP contribution in [-0.4, -0.2) is 47.4 Å². The van der Waals surface area contributed by atoms with Crippen molar-refractivity contribution >= 4 is 21.6 Å². The molecule has 8 nitrogen and oxygen atoms in total. The van der Waals surface area contributed by atoms with Gasteiger partial charge in [-0.3, -0.25) is 4.79 Å². The number of ketones is 1. The first-order valence-electron chi connectivity index (χ1n) is 7.75. The molecule has 0 fully saturated rings. The van der Waals surface area contributed by atoms with E-state index in [1.807, 2.05) is 0 Å². The van der Waals surface area contributed by atoms with Gasteiger partial charge in [-0.05, 0) is 38.5 Å². The van der Waals surface area contributed by atoms with Crippen LogP contribution in [0.5, 0.6) is 5.88 Å². The molecule has 2 aromatic rings. The molecule has 0 spiro atoms. The van der Waals surface area contributed by atoms with Crippen molar-refractivity contribution in [3.8, 4) is 5.88 Å². The minimum absolute atomic E-state index is 0.0501. The van der Waals surface area contributed by atoms with Gasteiger partial charge in [0, 0.05) is 18.9 Å². The summed E-state index contributed by atoms with van der Waals surface area (Å²) in [5.74, 6) is -1.73. The number of aromatic hydroxyl groups is 1. The first-order valence-corrected chi connectivity index (χ1v) is 9.64. The molecule has 0 aliphatic carbocycles. The number of carbonyl (C=O) groups is 2. The molecule has 9 heteroatoms. The normalized spacial score (nSPS) is 11.6. The molecule has 0 aliphatic rings. The molecule has 1 aromatic carbocycles. The first kappa shape index (κ1) is 19.6. The lowest BCUT2D eigenvalue weighted by atomic mass is 9.96. The van der Waals surface area contributed by atoms with E-state index >= 15 is 0 Å². The monoisotopic (exact) mass is 380 g/mol. The van der Waals surface area contributed by atoms with Crippen LogP contribution < -0.4 is 0 Å². The Morgan fingerprint density at radius 2 is 1.85 bits per heavy atom. The highest BCUT2D eigenvalue weighted by atomic mass is 32.2. The van der Waals surface area contributed by atoms with Crippen molar-refractivity contribution < 1.29 is 27.9 Å². The smallest absolute Gasteiger partial charge is 0.340 e. The second-order valence-electron chi connectivity index (χ2n) is 6.17. The zero-order chi connectivity index (χ0) is 19.8. The minimum atomic E-state index is -3.73. The van der Waals surface area contributed by atoms with Crippen molar-refractivity contribution in [2.45, 2.75) is 31.8 Å². The van der Waals surface area contributed by atoms with Gasteiger partial charge in [0.05, 0.1) is 22.8 Å². The summed E-state index contributed by atoms with van der Waals surface area (Å²) in [7, 11) is -2.26.